The lowest BCUT2D eigenvalue weighted by molar-refractivity contribution is 0.563. The first-order valence-corrected chi connectivity index (χ1v) is 10.2. The van der Waals surface area contributed by atoms with Crippen LogP contribution in [0.3, 0.4) is 0 Å². The molecule has 0 amide bonds. The van der Waals surface area contributed by atoms with Crippen molar-refractivity contribution >= 4 is 28.0 Å². The molecule has 0 saturated heterocycles. The van der Waals surface area contributed by atoms with Gasteiger partial charge in [-0.2, -0.15) is 0 Å². The normalized spacial score (nSPS) is 16.7. The Morgan fingerprint density at radius 2 is 2.08 bits per heavy atom. The molecule has 3 aromatic rings. The van der Waals surface area contributed by atoms with E-state index in [0.29, 0.717) is 17.1 Å². The average molecular weight is 369 g/mol. The second-order valence-corrected chi connectivity index (χ2v) is 8.05. The quantitative estimate of drug-likeness (QED) is 0.594. The van der Waals surface area contributed by atoms with Gasteiger partial charge in [-0.1, -0.05) is 6.92 Å². The first kappa shape index (κ1) is 17.3. The number of anilines is 1. The third-order valence-corrected chi connectivity index (χ3v) is 6.48. The topological polar surface area (TPSA) is 46.3 Å². The third kappa shape index (κ3) is 2.94. The molecule has 0 fully saturated rings. The van der Waals surface area contributed by atoms with Gasteiger partial charge >= 0.3 is 5.63 Å². The van der Waals surface area contributed by atoms with Gasteiger partial charge < -0.3 is 9.32 Å². The molecular weight excluding hydrogens is 344 g/mol. The first-order valence-electron chi connectivity index (χ1n) is 9.43. The van der Waals surface area contributed by atoms with Gasteiger partial charge in [-0.3, -0.25) is 0 Å². The van der Waals surface area contributed by atoms with Crippen molar-refractivity contribution in [2.45, 2.75) is 46.0 Å². The van der Waals surface area contributed by atoms with Crippen molar-refractivity contribution in [2.24, 2.45) is 0 Å². The summed E-state index contributed by atoms with van der Waals surface area (Å²) in [5, 5.41) is 1.74. The van der Waals surface area contributed by atoms with Gasteiger partial charge in [0.1, 0.15) is 10.6 Å². The van der Waals surface area contributed by atoms with Gasteiger partial charge in [-0.05, 0) is 57.2 Å². The summed E-state index contributed by atoms with van der Waals surface area (Å²) in [6, 6.07) is 8.02. The number of rotatable bonds is 4. The zero-order chi connectivity index (χ0) is 18.3. The number of fused-ring (bicyclic) bond motifs is 2. The van der Waals surface area contributed by atoms with Crippen LogP contribution in [0.2, 0.25) is 0 Å². The summed E-state index contributed by atoms with van der Waals surface area (Å²) in [7, 11) is 0. The van der Waals surface area contributed by atoms with Crippen LogP contribution in [0.25, 0.3) is 21.5 Å². The van der Waals surface area contributed by atoms with Crippen molar-refractivity contribution in [2.75, 3.05) is 18.0 Å². The van der Waals surface area contributed by atoms with E-state index in [4.69, 9.17) is 9.40 Å². The van der Waals surface area contributed by atoms with Gasteiger partial charge in [-0.15, -0.1) is 11.3 Å². The van der Waals surface area contributed by atoms with E-state index < -0.39 is 0 Å². The first-order chi connectivity index (χ1) is 12.6. The summed E-state index contributed by atoms with van der Waals surface area (Å²) >= 11 is 1.65. The highest BCUT2D eigenvalue weighted by Gasteiger charge is 2.23. The maximum Gasteiger partial charge on any atom is 0.346 e. The minimum absolute atomic E-state index is 0.298. The number of aryl methyl sites for hydroxylation is 1. The maximum absolute atomic E-state index is 12.6. The molecule has 1 unspecified atom stereocenters. The van der Waals surface area contributed by atoms with Crippen molar-refractivity contribution in [1.29, 1.82) is 0 Å². The van der Waals surface area contributed by atoms with Crippen molar-refractivity contribution < 1.29 is 4.42 Å². The van der Waals surface area contributed by atoms with Gasteiger partial charge in [0.2, 0.25) is 0 Å². The molecule has 26 heavy (non-hydrogen) atoms. The molecule has 1 atom stereocenters. The van der Waals surface area contributed by atoms with Crippen molar-refractivity contribution in [3.8, 4) is 10.6 Å². The number of hydrogen-bond donors (Lipinski definition) is 0. The van der Waals surface area contributed by atoms with Gasteiger partial charge in [0.15, 0.2) is 0 Å². The predicted octanol–water partition coefficient (Wildman–Crippen LogP) is 5.20. The summed E-state index contributed by atoms with van der Waals surface area (Å²) in [6.45, 7) is 8.32. The summed E-state index contributed by atoms with van der Waals surface area (Å²) in [6.07, 6.45) is 3.45. The van der Waals surface area contributed by atoms with E-state index >= 15 is 0 Å². The molecule has 1 aromatic carbocycles. The highest BCUT2D eigenvalue weighted by molar-refractivity contribution is 7.15. The summed E-state index contributed by atoms with van der Waals surface area (Å²) < 4.78 is 5.67. The van der Waals surface area contributed by atoms with E-state index in [-0.39, 0.29) is 5.63 Å². The highest BCUT2D eigenvalue weighted by Crippen LogP contribution is 2.37. The highest BCUT2D eigenvalue weighted by atomic mass is 32.1. The molecule has 1 aliphatic carbocycles. The SMILES string of the molecule is CCN(CC)c1ccc2cc(-c3nc4c(s3)CCCC4C)c(=O)oc2c1. The Hall–Kier alpha value is -2.14. The Kier molecular flexibility index (Phi) is 4.57. The molecule has 4 rings (SSSR count). The molecule has 136 valence electrons. The molecule has 4 nitrogen and oxygen atoms in total. The van der Waals surface area contributed by atoms with Gasteiger partial charge in [0.25, 0.3) is 0 Å². The Balaban J connectivity index is 1.79. The van der Waals surface area contributed by atoms with Crippen LogP contribution in [0.5, 0.6) is 0 Å². The zero-order valence-corrected chi connectivity index (χ0v) is 16.4. The van der Waals surface area contributed by atoms with E-state index in [1.54, 1.807) is 11.3 Å². The van der Waals surface area contributed by atoms with Crippen LogP contribution in [-0.2, 0) is 6.42 Å². The molecular formula is C21H24N2O2S. The molecule has 0 aliphatic heterocycles. The number of aromatic nitrogens is 1. The second-order valence-electron chi connectivity index (χ2n) is 6.96. The summed E-state index contributed by atoms with van der Waals surface area (Å²) in [5.41, 5.74) is 3.18. The second kappa shape index (κ2) is 6.88. The Morgan fingerprint density at radius 3 is 2.81 bits per heavy atom. The van der Waals surface area contributed by atoms with E-state index in [1.165, 1.54) is 23.4 Å². The number of thiazole rings is 1. The summed E-state index contributed by atoms with van der Waals surface area (Å²) in [5.74, 6) is 0.480. The van der Waals surface area contributed by atoms with Crippen molar-refractivity contribution in [1.82, 2.24) is 4.98 Å². The van der Waals surface area contributed by atoms with E-state index in [1.807, 2.05) is 18.2 Å². The average Bonchev–Trinajstić information content (AvgIpc) is 3.07. The lowest BCUT2D eigenvalue weighted by Crippen LogP contribution is -2.21. The minimum Gasteiger partial charge on any atom is -0.422 e. The molecule has 2 aromatic heterocycles. The number of benzene rings is 1. The maximum atomic E-state index is 12.6. The van der Waals surface area contributed by atoms with Crippen LogP contribution in [-0.4, -0.2) is 18.1 Å². The molecule has 0 saturated carbocycles. The Morgan fingerprint density at radius 1 is 1.27 bits per heavy atom. The van der Waals surface area contributed by atoms with Crippen LogP contribution >= 0.6 is 11.3 Å². The largest absolute Gasteiger partial charge is 0.422 e. The van der Waals surface area contributed by atoms with Crippen LogP contribution < -0.4 is 10.5 Å². The van der Waals surface area contributed by atoms with Crippen LogP contribution in [0, 0.1) is 0 Å². The van der Waals surface area contributed by atoms with Crippen LogP contribution in [0.1, 0.15) is 50.1 Å². The lowest BCUT2D eigenvalue weighted by atomic mass is 9.93. The van der Waals surface area contributed by atoms with Crippen LogP contribution in [0.15, 0.2) is 33.5 Å². The molecule has 0 radical (unpaired) electrons. The monoisotopic (exact) mass is 368 g/mol. The standard InChI is InChI=1S/C21H24N2O2S/c1-4-23(5-2)15-10-9-14-11-16(21(24)25-17(14)12-15)20-22-19-13(3)7-6-8-18(19)26-20/h9-13H,4-8H2,1-3H3. The van der Waals surface area contributed by atoms with E-state index in [2.05, 4.69) is 31.7 Å². The number of nitrogens with zero attached hydrogens (tertiary/aromatic N) is 2. The molecule has 2 heterocycles. The van der Waals surface area contributed by atoms with Gasteiger partial charge in [0.05, 0.1) is 11.3 Å². The third-order valence-electron chi connectivity index (χ3n) is 5.31. The van der Waals surface area contributed by atoms with E-state index in [9.17, 15) is 4.79 Å². The minimum atomic E-state index is -0.298. The fraction of sp³-hybridized carbons (Fsp3) is 0.429. The molecule has 0 bridgehead atoms. The fourth-order valence-electron chi connectivity index (χ4n) is 3.78. The number of hydrogen-bond acceptors (Lipinski definition) is 5. The van der Waals surface area contributed by atoms with E-state index in [0.717, 1.165) is 35.6 Å². The predicted molar refractivity (Wildman–Crippen MR) is 109 cm³/mol. The smallest absolute Gasteiger partial charge is 0.346 e. The van der Waals surface area contributed by atoms with Crippen molar-refractivity contribution in [3.63, 3.8) is 0 Å². The Labute approximate surface area is 157 Å². The van der Waals surface area contributed by atoms with Crippen LogP contribution in [0.4, 0.5) is 5.69 Å². The van der Waals surface area contributed by atoms with Gasteiger partial charge in [-0.25, -0.2) is 9.78 Å². The molecule has 5 heteroatoms. The Bertz CT molecular complexity index is 1000. The van der Waals surface area contributed by atoms with Crippen molar-refractivity contribution in [3.05, 3.63) is 45.3 Å². The molecule has 1 aliphatic rings. The fourth-order valence-corrected chi connectivity index (χ4v) is 5.01. The zero-order valence-electron chi connectivity index (χ0n) is 15.5. The van der Waals surface area contributed by atoms with Gasteiger partial charge in [0, 0.05) is 35.1 Å². The molecule has 0 spiro atoms. The molecule has 0 N–H and O–H groups in total. The summed E-state index contributed by atoms with van der Waals surface area (Å²) in [4.78, 5) is 21.0. The lowest BCUT2D eigenvalue weighted by Gasteiger charge is -2.20.